The number of carbonyl (C=O) groups excluding carboxylic acids is 4. The van der Waals surface area contributed by atoms with Gasteiger partial charge in [0.1, 0.15) is 12.2 Å². The van der Waals surface area contributed by atoms with Crippen molar-refractivity contribution in [2.75, 3.05) is 30.9 Å². The Kier molecular flexibility index (Phi) is 8.80. The first kappa shape index (κ1) is 27.9. The second kappa shape index (κ2) is 12.6. The molecule has 1 saturated heterocycles. The average molecular weight is 543 g/mol. The Balaban J connectivity index is 1.46. The Morgan fingerprint density at radius 1 is 0.950 bits per heavy atom. The molecule has 0 saturated carbocycles. The van der Waals surface area contributed by atoms with Gasteiger partial charge in [-0.25, -0.2) is 9.69 Å². The molecule has 5 amide bonds. The number of amides is 5. The molecule has 4 rings (SSSR count). The zero-order chi connectivity index (χ0) is 28.6. The van der Waals surface area contributed by atoms with Crippen LogP contribution in [-0.4, -0.2) is 48.9 Å². The Hall–Kier alpha value is -5.12. The molecule has 3 aromatic rings. The third kappa shape index (κ3) is 6.65. The van der Waals surface area contributed by atoms with Crippen LogP contribution in [0.15, 0.2) is 72.4 Å². The maximum atomic E-state index is 13.0. The van der Waals surface area contributed by atoms with E-state index in [0.29, 0.717) is 29.1 Å². The number of anilines is 2. The van der Waals surface area contributed by atoms with Crippen molar-refractivity contribution in [3.63, 3.8) is 0 Å². The minimum Gasteiger partial charge on any atom is -0.493 e. The Bertz CT molecular complexity index is 1470. The second-order valence-electron chi connectivity index (χ2n) is 9.02. The number of imide groups is 1. The molecule has 0 atom stereocenters. The van der Waals surface area contributed by atoms with E-state index >= 15 is 0 Å². The van der Waals surface area contributed by atoms with Crippen LogP contribution < -0.4 is 25.4 Å². The molecule has 1 heterocycles. The zero-order valence-corrected chi connectivity index (χ0v) is 22.4. The van der Waals surface area contributed by atoms with Gasteiger partial charge < -0.3 is 25.4 Å². The lowest BCUT2D eigenvalue weighted by atomic mass is 10.1. The summed E-state index contributed by atoms with van der Waals surface area (Å²) in [6, 6.07) is 18.9. The molecule has 3 aromatic carbocycles. The molecule has 10 nitrogen and oxygen atoms in total. The third-order valence-electron chi connectivity index (χ3n) is 6.15. The number of methoxy groups -OCH3 is 1. The monoisotopic (exact) mass is 542 g/mol. The van der Waals surface area contributed by atoms with Gasteiger partial charge in [-0.3, -0.25) is 14.4 Å². The molecular formula is C30H30N4O6. The minimum atomic E-state index is -0.724. The van der Waals surface area contributed by atoms with Gasteiger partial charge in [0.25, 0.3) is 11.8 Å². The SMILES string of the molecule is CCc1ccccc1NC(=O)CN1C(=O)N/C(=C/c2cccc(OC)c2OCC(=O)Nc2ccc(C)cc2)C1=O. The highest BCUT2D eigenvalue weighted by molar-refractivity contribution is 6.16. The number of urea groups is 1. The van der Waals surface area contributed by atoms with Gasteiger partial charge >= 0.3 is 6.03 Å². The topological polar surface area (TPSA) is 126 Å². The number of hydrogen-bond acceptors (Lipinski definition) is 6. The van der Waals surface area contributed by atoms with Crippen LogP contribution in [0.3, 0.4) is 0 Å². The van der Waals surface area contributed by atoms with Crippen LogP contribution in [0.1, 0.15) is 23.6 Å². The predicted octanol–water partition coefficient (Wildman–Crippen LogP) is 4.11. The van der Waals surface area contributed by atoms with E-state index in [2.05, 4.69) is 16.0 Å². The summed E-state index contributed by atoms with van der Waals surface area (Å²) in [5.74, 6) is -1.02. The van der Waals surface area contributed by atoms with Gasteiger partial charge in [0.15, 0.2) is 18.1 Å². The van der Waals surface area contributed by atoms with Crippen LogP contribution in [0.25, 0.3) is 6.08 Å². The van der Waals surface area contributed by atoms with Crippen molar-refractivity contribution < 1.29 is 28.7 Å². The Morgan fingerprint density at radius 2 is 1.70 bits per heavy atom. The summed E-state index contributed by atoms with van der Waals surface area (Å²) in [4.78, 5) is 51.6. The minimum absolute atomic E-state index is 0.0473. The molecule has 206 valence electrons. The zero-order valence-electron chi connectivity index (χ0n) is 22.4. The Labute approximate surface area is 232 Å². The smallest absolute Gasteiger partial charge is 0.329 e. The normalized spacial score (nSPS) is 13.7. The van der Waals surface area contributed by atoms with Crippen LogP contribution in [0.5, 0.6) is 11.5 Å². The van der Waals surface area contributed by atoms with Crippen molar-refractivity contribution in [1.82, 2.24) is 10.2 Å². The summed E-state index contributed by atoms with van der Waals surface area (Å²) in [5, 5.41) is 8.02. The summed E-state index contributed by atoms with van der Waals surface area (Å²) in [6.45, 7) is 3.13. The van der Waals surface area contributed by atoms with Crippen molar-refractivity contribution in [2.24, 2.45) is 0 Å². The fraction of sp³-hybridized carbons (Fsp3) is 0.200. The van der Waals surface area contributed by atoms with Gasteiger partial charge in [0.05, 0.1) is 7.11 Å². The fourth-order valence-electron chi connectivity index (χ4n) is 4.09. The number of ether oxygens (including phenoxy) is 2. The molecule has 1 aliphatic heterocycles. The van der Waals surface area contributed by atoms with Gasteiger partial charge in [0.2, 0.25) is 5.91 Å². The molecule has 3 N–H and O–H groups in total. The molecule has 0 spiro atoms. The molecule has 1 fully saturated rings. The first-order valence-corrected chi connectivity index (χ1v) is 12.7. The lowest BCUT2D eigenvalue weighted by molar-refractivity contribution is -0.127. The highest BCUT2D eigenvalue weighted by Crippen LogP contribution is 2.33. The molecule has 40 heavy (non-hydrogen) atoms. The van der Waals surface area contributed by atoms with Gasteiger partial charge in [-0.2, -0.15) is 0 Å². The van der Waals surface area contributed by atoms with E-state index in [1.54, 1.807) is 42.5 Å². The number of nitrogens with one attached hydrogen (secondary N) is 3. The van der Waals surface area contributed by atoms with Crippen LogP contribution >= 0.6 is 0 Å². The largest absolute Gasteiger partial charge is 0.493 e. The fourth-order valence-corrected chi connectivity index (χ4v) is 4.09. The number of benzene rings is 3. The lowest BCUT2D eigenvalue weighted by Crippen LogP contribution is -2.38. The van der Waals surface area contributed by atoms with E-state index in [1.165, 1.54) is 13.2 Å². The maximum Gasteiger partial charge on any atom is 0.329 e. The number of rotatable bonds is 10. The van der Waals surface area contributed by atoms with Crippen LogP contribution in [0, 0.1) is 6.92 Å². The number of nitrogens with zero attached hydrogens (tertiary/aromatic N) is 1. The standard InChI is InChI=1S/C30H30N4O6/c1-4-20-8-5-6-10-23(20)32-26(35)17-34-29(37)24(33-30(34)38)16-21-9-7-11-25(39-3)28(21)40-18-27(36)31-22-14-12-19(2)13-15-22/h5-16H,4,17-18H2,1-3H3,(H,31,36)(H,32,35)(H,33,38)/b24-16+. The van der Waals surface area contributed by atoms with E-state index in [1.807, 2.05) is 38.1 Å². The third-order valence-corrected chi connectivity index (χ3v) is 6.15. The van der Waals surface area contributed by atoms with Crippen molar-refractivity contribution in [3.8, 4) is 11.5 Å². The van der Waals surface area contributed by atoms with E-state index in [9.17, 15) is 19.2 Å². The summed E-state index contributed by atoms with van der Waals surface area (Å²) < 4.78 is 11.2. The highest BCUT2D eigenvalue weighted by atomic mass is 16.5. The molecule has 0 bridgehead atoms. The van der Waals surface area contributed by atoms with E-state index in [-0.39, 0.29) is 24.0 Å². The summed E-state index contributed by atoms with van der Waals surface area (Å²) >= 11 is 0. The lowest BCUT2D eigenvalue weighted by Gasteiger charge is -2.14. The predicted molar refractivity (Wildman–Crippen MR) is 151 cm³/mol. The van der Waals surface area contributed by atoms with Crippen molar-refractivity contribution in [3.05, 3.63) is 89.1 Å². The number of para-hydroxylation sites is 2. The second-order valence-corrected chi connectivity index (χ2v) is 9.02. The van der Waals surface area contributed by atoms with E-state index < -0.39 is 24.4 Å². The molecule has 10 heteroatoms. The highest BCUT2D eigenvalue weighted by Gasteiger charge is 2.35. The summed E-state index contributed by atoms with van der Waals surface area (Å²) in [6.07, 6.45) is 2.13. The van der Waals surface area contributed by atoms with Gasteiger partial charge in [-0.05, 0) is 49.2 Å². The summed E-state index contributed by atoms with van der Waals surface area (Å²) in [5.41, 5.74) is 3.61. The number of hydrogen-bond donors (Lipinski definition) is 3. The van der Waals surface area contributed by atoms with E-state index in [0.717, 1.165) is 16.0 Å². The van der Waals surface area contributed by atoms with Gasteiger partial charge in [-0.15, -0.1) is 0 Å². The molecule has 0 aliphatic carbocycles. The van der Waals surface area contributed by atoms with Crippen LogP contribution in [0.2, 0.25) is 0 Å². The van der Waals surface area contributed by atoms with Crippen LogP contribution in [-0.2, 0) is 20.8 Å². The van der Waals surface area contributed by atoms with E-state index in [4.69, 9.17) is 9.47 Å². The molecule has 0 aromatic heterocycles. The molecule has 0 radical (unpaired) electrons. The molecule has 0 unspecified atom stereocenters. The van der Waals surface area contributed by atoms with Crippen molar-refractivity contribution in [2.45, 2.75) is 20.3 Å². The van der Waals surface area contributed by atoms with Crippen molar-refractivity contribution >= 4 is 41.2 Å². The maximum absolute atomic E-state index is 13.0. The van der Waals surface area contributed by atoms with Gasteiger partial charge in [-0.1, -0.05) is 55.0 Å². The Morgan fingerprint density at radius 3 is 2.42 bits per heavy atom. The molecular weight excluding hydrogens is 512 g/mol. The molecule has 1 aliphatic rings. The number of aryl methyl sites for hydroxylation is 2. The quantitative estimate of drug-likeness (QED) is 0.261. The van der Waals surface area contributed by atoms with Crippen LogP contribution in [0.4, 0.5) is 16.2 Å². The van der Waals surface area contributed by atoms with Crippen molar-refractivity contribution in [1.29, 1.82) is 0 Å². The first-order valence-electron chi connectivity index (χ1n) is 12.7. The first-order chi connectivity index (χ1) is 19.3. The van der Waals surface area contributed by atoms with Gasteiger partial charge in [0, 0.05) is 16.9 Å². The number of carbonyl (C=O) groups is 4. The summed E-state index contributed by atoms with van der Waals surface area (Å²) in [7, 11) is 1.45. The average Bonchev–Trinajstić information content (AvgIpc) is 3.20.